The molecule has 1 aliphatic rings. The third-order valence-electron chi connectivity index (χ3n) is 3.00. The molecular formula is C13H18N2O3. The second kappa shape index (κ2) is 5.62. The maximum atomic E-state index is 11.8. The molecule has 2 N–H and O–H groups in total. The number of carbonyl (C=O) groups is 1. The van der Waals surface area contributed by atoms with Gasteiger partial charge in [-0.1, -0.05) is 0 Å². The van der Waals surface area contributed by atoms with Crippen LogP contribution in [0.2, 0.25) is 0 Å². The van der Waals surface area contributed by atoms with Gasteiger partial charge >= 0.3 is 0 Å². The lowest BCUT2D eigenvalue weighted by atomic mass is 10.3. The average molecular weight is 250 g/mol. The fourth-order valence-corrected chi connectivity index (χ4v) is 2.00. The van der Waals surface area contributed by atoms with E-state index in [0.717, 1.165) is 25.9 Å². The van der Waals surface area contributed by atoms with Gasteiger partial charge in [0.1, 0.15) is 0 Å². The quantitative estimate of drug-likeness (QED) is 0.817. The SMILES string of the molecule is COc1cc(N)ccc1OCC(=O)N1CCCC1. The minimum absolute atomic E-state index is 0.0198. The molecule has 1 aliphatic heterocycles. The smallest absolute Gasteiger partial charge is 0.260 e. The van der Waals surface area contributed by atoms with Crippen molar-refractivity contribution < 1.29 is 14.3 Å². The molecule has 0 aromatic heterocycles. The van der Waals surface area contributed by atoms with Crippen molar-refractivity contribution in [2.45, 2.75) is 12.8 Å². The third-order valence-corrected chi connectivity index (χ3v) is 3.00. The van der Waals surface area contributed by atoms with Crippen molar-refractivity contribution in [2.24, 2.45) is 0 Å². The number of amides is 1. The number of hydrogen-bond acceptors (Lipinski definition) is 4. The summed E-state index contributed by atoms with van der Waals surface area (Å²) < 4.78 is 10.6. The molecule has 0 unspecified atom stereocenters. The zero-order chi connectivity index (χ0) is 13.0. The number of methoxy groups -OCH3 is 1. The monoisotopic (exact) mass is 250 g/mol. The Hall–Kier alpha value is -1.91. The number of ether oxygens (including phenoxy) is 2. The van der Waals surface area contributed by atoms with Crippen LogP contribution >= 0.6 is 0 Å². The Morgan fingerprint density at radius 2 is 2.06 bits per heavy atom. The Morgan fingerprint density at radius 1 is 1.33 bits per heavy atom. The maximum Gasteiger partial charge on any atom is 0.260 e. The first-order valence-electron chi connectivity index (χ1n) is 6.05. The Bertz CT molecular complexity index is 428. The van der Waals surface area contributed by atoms with E-state index >= 15 is 0 Å². The van der Waals surface area contributed by atoms with Crippen molar-refractivity contribution in [2.75, 3.05) is 32.5 Å². The second-order valence-electron chi connectivity index (χ2n) is 4.29. The molecule has 2 rings (SSSR count). The molecule has 5 nitrogen and oxygen atoms in total. The highest BCUT2D eigenvalue weighted by Gasteiger charge is 2.18. The number of likely N-dealkylation sites (tertiary alicyclic amines) is 1. The maximum absolute atomic E-state index is 11.8. The van der Waals surface area contributed by atoms with E-state index in [9.17, 15) is 4.79 Å². The topological polar surface area (TPSA) is 64.8 Å². The van der Waals surface area contributed by atoms with Crippen LogP contribution in [0, 0.1) is 0 Å². The molecule has 5 heteroatoms. The first-order chi connectivity index (χ1) is 8.70. The van der Waals surface area contributed by atoms with E-state index in [2.05, 4.69) is 0 Å². The highest BCUT2D eigenvalue weighted by atomic mass is 16.5. The van der Waals surface area contributed by atoms with E-state index in [0.29, 0.717) is 17.2 Å². The predicted molar refractivity (Wildman–Crippen MR) is 68.7 cm³/mol. The van der Waals surface area contributed by atoms with E-state index in [1.165, 1.54) is 0 Å². The van der Waals surface area contributed by atoms with Gasteiger partial charge < -0.3 is 20.1 Å². The molecule has 1 fully saturated rings. The van der Waals surface area contributed by atoms with E-state index in [4.69, 9.17) is 15.2 Å². The molecule has 0 atom stereocenters. The molecule has 18 heavy (non-hydrogen) atoms. The zero-order valence-electron chi connectivity index (χ0n) is 10.5. The number of anilines is 1. The normalized spacial score (nSPS) is 14.6. The van der Waals surface area contributed by atoms with Gasteiger partial charge in [-0.15, -0.1) is 0 Å². The minimum atomic E-state index is 0.0198. The molecule has 1 aromatic carbocycles. The molecule has 0 aliphatic carbocycles. The van der Waals surface area contributed by atoms with Crippen LogP contribution in [0.4, 0.5) is 5.69 Å². The van der Waals surface area contributed by atoms with Gasteiger partial charge in [-0.3, -0.25) is 4.79 Å². The van der Waals surface area contributed by atoms with E-state index in [1.807, 2.05) is 4.90 Å². The first-order valence-corrected chi connectivity index (χ1v) is 6.05. The molecule has 1 aromatic rings. The van der Waals surface area contributed by atoms with Gasteiger partial charge in [-0.05, 0) is 25.0 Å². The molecule has 0 bridgehead atoms. The fourth-order valence-electron chi connectivity index (χ4n) is 2.00. The summed E-state index contributed by atoms with van der Waals surface area (Å²) in [5.41, 5.74) is 6.25. The zero-order valence-corrected chi connectivity index (χ0v) is 10.5. The standard InChI is InChI=1S/C13H18N2O3/c1-17-12-8-10(14)4-5-11(12)18-9-13(16)15-6-2-3-7-15/h4-5,8H,2-3,6-7,9,14H2,1H3. The van der Waals surface area contributed by atoms with Crippen LogP contribution in [0.1, 0.15) is 12.8 Å². The summed E-state index contributed by atoms with van der Waals surface area (Å²) in [6.07, 6.45) is 2.16. The summed E-state index contributed by atoms with van der Waals surface area (Å²) in [5.74, 6) is 1.11. The molecule has 0 saturated carbocycles. The molecule has 1 amide bonds. The highest BCUT2D eigenvalue weighted by molar-refractivity contribution is 5.78. The van der Waals surface area contributed by atoms with Gasteiger partial charge in [-0.2, -0.15) is 0 Å². The van der Waals surface area contributed by atoms with Gasteiger partial charge in [-0.25, -0.2) is 0 Å². The van der Waals surface area contributed by atoms with E-state index in [-0.39, 0.29) is 12.5 Å². The van der Waals surface area contributed by atoms with Crippen molar-refractivity contribution in [1.29, 1.82) is 0 Å². The van der Waals surface area contributed by atoms with E-state index < -0.39 is 0 Å². The van der Waals surface area contributed by atoms with Crippen LogP contribution in [0.3, 0.4) is 0 Å². The van der Waals surface area contributed by atoms with Gasteiger partial charge in [0.15, 0.2) is 18.1 Å². The number of benzene rings is 1. The lowest BCUT2D eigenvalue weighted by Gasteiger charge is -2.16. The van der Waals surface area contributed by atoms with Crippen molar-refractivity contribution in [3.05, 3.63) is 18.2 Å². The first kappa shape index (κ1) is 12.5. The Labute approximate surface area is 106 Å². The number of nitrogen functional groups attached to an aromatic ring is 1. The van der Waals surface area contributed by atoms with Crippen LogP contribution in [0.25, 0.3) is 0 Å². The van der Waals surface area contributed by atoms with Gasteiger partial charge in [0.05, 0.1) is 7.11 Å². The van der Waals surface area contributed by atoms with Crippen LogP contribution < -0.4 is 15.2 Å². The molecule has 0 radical (unpaired) electrons. The lowest BCUT2D eigenvalue weighted by Crippen LogP contribution is -2.32. The minimum Gasteiger partial charge on any atom is -0.493 e. The Morgan fingerprint density at radius 3 is 2.72 bits per heavy atom. The lowest BCUT2D eigenvalue weighted by molar-refractivity contribution is -0.132. The average Bonchev–Trinajstić information content (AvgIpc) is 2.90. The van der Waals surface area contributed by atoms with Crippen LogP contribution in [0.5, 0.6) is 11.5 Å². The summed E-state index contributed by atoms with van der Waals surface area (Å²) >= 11 is 0. The van der Waals surface area contributed by atoms with Crippen molar-refractivity contribution in [3.8, 4) is 11.5 Å². The number of nitrogens with two attached hydrogens (primary N) is 1. The highest BCUT2D eigenvalue weighted by Crippen LogP contribution is 2.28. The molecule has 1 heterocycles. The summed E-state index contributed by atoms with van der Waals surface area (Å²) in [6.45, 7) is 1.71. The van der Waals surface area contributed by atoms with Crippen LogP contribution in [-0.2, 0) is 4.79 Å². The predicted octanol–water partition coefficient (Wildman–Crippen LogP) is 1.28. The molecular weight excluding hydrogens is 232 g/mol. The Balaban J connectivity index is 1.95. The number of nitrogens with zero attached hydrogens (tertiary/aromatic N) is 1. The summed E-state index contributed by atoms with van der Waals surface area (Å²) in [4.78, 5) is 13.6. The number of hydrogen-bond donors (Lipinski definition) is 1. The van der Waals surface area contributed by atoms with Crippen molar-refractivity contribution >= 4 is 11.6 Å². The second-order valence-corrected chi connectivity index (χ2v) is 4.29. The summed E-state index contributed by atoms with van der Waals surface area (Å²) in [6, 6.07) is 5.11. The van der Waals surface area contributed by atoms with Gasteiger partial charge in [0.2, 0.25) is 0 Å². The number of carbonyl (C=O) groups excluding carboxylic acids is 1. The van der Waals surface area contributed by atoms with Gasteiger partial charge in [0, 0.05) is 24.8 Å². The molecule has 98 valence electrons. The largest absolute Gasteiger partial charge is 0.493 e. The molecule has 0 spiro atoms. The van der Waals surface area contributed by atoms with Gasteiger partial charge in [0.25, 0.3) is 5.91 Å². The van der Waals surface area contributed by atoms with Crippen molar-refractivity contribution in [1.82, 2.24) is 4.90 Å². The Kier molecular flexibility index (Phi) is 3.92. The van der Waals surface area contributed by atoms with Crippen LogP contribution in [-0.4, -0.2) is 37.6 Å². The summed E-state index contributed by atoms with van der Waals surface area (Å²) in [7, 11) is 1.55. The third kappa shape index (κ3) is 2.85. The van der Waals surface area contributed by atoms with Crippen molar-refractivity contribution in [3.63, 3.8) is 0 Å². The summed E-state index contributed by atoms with van der Waals surface area (Å²) in [5, 5.41) is 0. The van der Waals surface area contributed by atoms with E-state index in [1.54, 1.807) is 25.3 Å². The molecule has 1 saturated heterocycles. The number of rotatable bonds is 4. The fraction of sp³-hybridized carbons (Fsp3) is 0.462. The van der Waals surface area contributed by atoms with Crippen LogP contribution in [0.15, 0.2) is 18.2 Å².